The smallest absolute Gasteiger partial charge is 0.323 e. The van der Waals surface area contributed by atoms with Crippen molar-refractivity contribution in [3.8, 4) is 22.3 Å². The number of carbonyl (C=O) groups excluding carboxylic acids is 1. The first-order valence-electron chi connectivity index (χ1n) is 10.3. The molecule has 0 fully saturated rings. The van der Waals surface area contributed by atoms with Crippen LogP contribution in [0.1, 0.15) is 5.56 Å². The number of nitrogens with zero attached hydrogens (tertiary/aromatic N) is 2. The van der Waals surface area contributed by atoms with E-state index in [1.807, 2.05) is 22.9 Å². The molecule has 6 nitrogen and oxygen atoms in total. The summed E-state index contributed by atoms with van der Waals surface area (Å²) in [5.41, 5.74) is 22.7. The number of fused-ring (bicyclic) bond motifs is 1. The summed E-state index contributed by atoms with van der Waals surface area (Å²) in [6, 6.07) is 12.8. The lowest BCUT2D eigenvalue weighted by molar-refractivity contribution is 0.256. The molecule has 0 atom stereocenters. The number of nitrogen functional groups attached to an aromatic ring is 1. The van der Waals surface area contributed by atoms with Gasteiger partial charge < -0.3 is 17.2 Å². The standard InChI is InChI=1S/C25H20FN5OS2/c26-20-6-1-14(10-27)9-21(20)31(25(29)32)17-4-2-15(3-5-17)19-13-34-23-18(16-7-8-33-12-16)11-30-24(28)22(19)23/h1-9,11-13H,10,27H2,(H2,28,30)(H2,29,32). The molecule has 6 N–H and O–H groups in total. The van der Waals surface area contributed by atoms with Crippen LogP contribution in [0.3, 0.4) is 0 Å². The number of amides is 2. The quantitative estimate of drug-likeness (QED) is 0.277. The van der Waals surface area contributed by atoms with E-state index >= 15 is 0 Å². The van der Waals surface area contributed by atoms with Gasteiger partial charge in [-0.3, -0.25) is 4.90 Å². The van der Waals surface area contributed by atoms with Crippen LogP contribution >= 0.6 is 22.7 Å². The predicted octanol–water partition coefficient (Wildman–Crippen LogP) is 6.09. The van der Waals surface area contributed by atoms with Crippen LogP contribution in [0.25, 0.3) is 32.3 Å². The lowest BCUT2D eigenvalue weighted by Crippen LogP contribution is -2.32. The third-order valence-corrected chi connectivity index (χ3v) is 7.30. The Bertz CT molecular complexity index is 1500. The van der Waals surface area contributed by atoms with Gasteiger partial charge in [0.15, 0.2) is 0 Å². The lowest BCUT2D eigenvalue weighted by Gasteiger charge is -2.22. The second kappa shape index (κ2) is 8.86. The maximum atomic E-state index is 14.6. The van der Waals surface area contributed by atoms with Crippen LogP contribution in [0.2, 0.25) is 0 Å². The molecule has 3 heterocycles. The summed E-state index contributed by atoms with van der Waals surface area (Å²) in [6.45, 7) is 0.215. The normalized spacial score (nSPS) is 11.1. The summed E-state index contributed by atoms with van der Waals surface area (Å²) < 4.78 is 15.6. The zero-order chi connectivity index (χ0) is 23.8. The van der Waals surface area contributed by atoms with Crippen molar-refractivity contribution in [3.05, 3.63) is 82.2 Å². The average molecular weight is 490 g/mol. The molecule has 9 heteroatoms. The minimum absolute atomic E-state index is 0.0537. The van der Waals surface area contributed by atoms with Gasteiger partial charge in [0.05, 0.1) is 11.4 Å². The lowest BCUT2D eigenvalue weighted by atomic mass is 10.0. The van der Waals surface area contributed by atoms with Gasteiger partial charge in [0.1, 0.15) is 11.6 Å². The maximum absolute atomic E-state index is 14.6. The highest BCUT2D eigenvalue weighted by Gasteiger charge is 2.20. The molecule has 5 aromatic rings. The number of thiophene rings is 2. The van der Waals surface area contributed by atoms with Crippen LogP contribution in [-0.2, 0) is 6.54 Å². The molecule has 2 aromatic carbocycles. The third-order valence-electron chi connectivity index (χ3n) is 5.60. The molecule has 3 aromatic heterocycles. The number of rotatable bonds is 5. The second-order valence-corrected chi connectivity index (χ2v) is 9.29. The zero-order valence-corrected chi connectivity index (χ0v) is 19.5. The van der Waals surface area contributed by atoms with Gasteiger partial charge in [-0.05, 0) is 63.2 Å². The van der Waals surface area contributed by atoms with Crippen LogP contribution < -0.4 is 22.1 Å². The van der Waals surface area contributed by atoms with Gasteiger partial charge in [0.2, 0.25) is 0 Å². The number of aromatic nitrogens is 1. The number of primary amides is 1. The van der Waals surface area contributed by atoms with Gasteiger partial charge in [0, 0.05) is 34.0 Å². The van der Waals surface area contributed by atoms with E-state index in [0.717, 1.165) is 37.2 Å². The molecule has 0 spiro atoms. The number of anilines is 3. The summed E-state index contributed by atoms with van der Waals surface area (Å²) in [7, 11) is 0. The van der Waals surface area contributed by atoms with E-state index in [1.165, 1.54) is 12.1 Å². The summed E-state index contributed by atoms with van der Waals surface area (Å²) in [5.74, 6) is -0.113. The van der Waals surface area contributed by atoms with E-state index in [0.29, 0.717) is 17.1 Å². The molecular weight excluding hydrogens is 469 g/mol. The number of hydrogen-bond acceptors (Lipinski definition) is 6. The minimum Gasteiger partial charge on any atom is -0.383 e. The zero-order valence-electron chi connectivity index (χ0n) is 17.9. The number of hydrogen-bond donors (Lipinski definition) is 3. The number of benzene rings is 2. The molecule has 0 saturated heterocycles. The number of halogens is 1. The van der Waals surface area contributed by atoms with Crippen molar-refractivity contribution in [3.63, 3.8) is 0 Å². The van der Waals surface area contributed by atoms with Crippen LogP contribution in [0.15, 0.2) is 70.9 Å². The SMILES string of the molecule is NCc1ccc(F)c(N(C(N)=O)c2ccc(-c3csc4c(-c5ccsc5)cnc(N)c34)cc2)c1. The highest BCUT2D eigenvalue weighted by atomic mass is 32.1. The molecule has 0 radical (unpaired) electrons. The molecule has 0 aliphatic heterocycles. The summed E-state index contributed by atoms with van der Waals surface area (Å²) >= 11 is 3.23. The van der Waals surface area contributed by atoms with Crippen molar-refractivity contribution in [2.75, 3.05) is 10.6 Å². The molecule has 0 saturated carbocycles. The van der Waals surface area contributed by atoms with Crippen molar-refractivity contribution in [1.82, 2.24) is 4.98 Å². The van der Waals surface area contributed by atoms with Gasteiger partial charge >= 0.3 is 6.03 Å². The Morgan fingerprint density at radius 2 is 1.82 bits per heavy atom. The van der Waals surface area contributed by atoms with Crippen LogP contribution in [-0.4, -0.2) is 11.0 Å². The average Bonchev–Trinajstić information content (AvgIpc) is 3.52. The van der Waals surface area contributed by atoms with Gasteiger partial charge in [0.25, 0.3) is 0 Å². The molecule has 34 heavy (non-hydrogen) atoms. The van der Waals surface area contributed by atoms with E-state index in [1.54, 1.807) is 47.1 Å². The summed E-state index contributed by atoms with van der Waals surface area (Å²) in [4.78, 5) is 17.8. The van der Waals surface area contributed by atoms with Crippen LogP contribution in [0.5, 0.6) is 0 Å². The van der Waals surface area contributed by atoms with E-state index in [4.69, 9.17) is 17.2 Å². The topological polar surface area (TPSA) is 111 Å². The van der Waals surface area contributed by atoms with Gasteiger partial charge in [-0.25, -0.2) is 14.2 Å². The number of pyridine rings is 1. The van der Waals surface area contributed by atoms with Gasteiger partial charge in [-0.15, -0.1) is 11.3 Å². The monoisotopic (exact) mass is 489 g/mol. The third kappa shape index (κ3) is 3.79. The Hall–Kier alpha value is -3.79. The highest BCUT2D eigenvalue weighted by Crippen LogP contribution is 2.42. The molecule has 2 amide bonds. The van der Waals surface area contributed by atoms with E-state index in [-0.39, 0.29) is 12.2 Å². The second-order valence-electron chi connectivity index (χ2n) is 7.63. The molecule has 0 aliphatic rings. The Balaban J connectivity index is 1.57. The fraction of sp³-hybridized carbons (Fsp3) is 0.0400. The van der Waals surface area contributed by atoms with Gasteiger partial charge in [-0.1, -0.05) is 18.2 Å². The number of nitrogens with two attached hydrogens (primary N) is 3. The Morgan fingerprint density at radius 1 is 1.03 bits per heavy atom. The predicted molar refractivity (Wildman–Crippen MR) is 139 cm³/mol. The molecule has 0 unspecified atom stereocenters. The summed E-state index contributed by atoms with van der Waals surface area (Å²) in [5, 5.41) is 7.04. The molecule has 0 aliphatic carbocycles. The van der Waals surface area contributed by atoms with Crippen LogP contribution in [0, 0.1) is 5.82 Å². The minimum atomic E-state index is -0.796. The molecule has 0 bridgehead atoms. The largest absolute Gasteiger partial charge is 0.383 e. The fourth-order valence-electron chi connectivity index (χ4n) is 3.94. The van der Waals surface area contributed by atoms with Crippen molar-refractivity contribution >= 4 is 56.0 Å². The number of carbonyl (C=O) groups is 1. The number of urea groups is 1. The van der Waals surface area contributed by atoms with E-state index in [2.05, 4.69) is 16.4 Å². The maximum Gasteiger partial charge on any atom is 0.323 e. The Kier molecular flexibility index (Phi) is 5.74. The summed E-state index contributed by atoms with van der Waals surface area (Å²) in [6.07, 6.45) is 1.80. The van der Waals surface area contributed by atoms with Crippen LogP contribution in [0.4, 0.5) is 26.4 Å². The van der Waals surface area contributed by atoms with Gasteiger partial charge in [-0.2, -0.15) is 11.3 Å². The van der Waals surface area contributed by atoms with Crippen molar-refractivity contribution in [2.24, 2.45) is 11.5 Å². The Labute approximate surface area is 203 Å². The van der Waals surface area contributed by atoms with Crippen molar-refractivity contribution < 1.29 is 9.18 Å². The van der Waals surface area contributed by atoms with E-state index in [9.17, 15) is 9.18 Å². The van der Waals surface area contributed by atoms with Crippen molar-refractivity contribution in [2.45, 2.75) is 6.54 Å². The molecular formula is C25H20FN5OS2. The first-order chi connectivity index (χ1) is 16.5. The Morgan fingerprint density at radius 3 is 2.50 bits per heavy atom. The highest BCUT2D eigenvalue weighted by molar-refractivity contribution is 7.18. The van der Waals surface area contributed by atoms with E-state index < -0.39 is 11.8 Å². The first kappa shape index (κ1) is 22.0. The fourth-order valence-corrected chi connectivity index (χ4v) is 5.71. The molecule has 5 rings (SSSR count). The first-order valence-corrected chi connectivity index (χ1v) is 12.2. The van der Waals surface area contributed by atoms with Crippen molar-refractivity contribution in [1.29, 1.82) is 0 Å². The molecule has 170 valence electrons.